The van der Waals surface area contributed by atoms with Gasteiger partial charge < -0.3 is 15.2 Å². The number of carbonyl (C=O) groups excluding carboxylic acids is 1. The van der Waals surface area contributed by atoms with E-state index >= 15 is 0 Å². The lowest BCUT2D eigenvalue weighted by molar-refractivity contribution is -0.137. The van der Waals surface area contributed by atoms with E-state index in [1.165, 1.54) is 17.1 Å². The lowest BCUT2D eigenvalue weighted by Gasteiger charge is -2.07. The Morgan fingerprint density at radius 3 is 2.89 bits per heavy atom. The topological polar surface area (TPSA) is 93.5 Å². The Morgan fingerprint density at radius 2 is 2.26 bits per heavy atom. The van der Waals surface area contributed by atoms with E-state index < -0.39 is 5.97 Å². The van der Waals surface area contributed by atoms with Gasteiger partial charge in [-0.15, -0.1) is 0 Å². The van der Waals surface area contributed by atoms with Crippen molar-refractivity contribution in [3.05, 3.63) is 18.0 Å². The zero-order valence-corrected chi connectivity index (χ0v) is 11.1. The van der Waals surface area contributed by atoms with E-state index in [-0.39, 0.29) is 18.6 Å². The average Bonchev–Trinajstić information content (AvgIpc) is 2.75. The summed E-state index contributed by atoms with van der Waals surface area (Å²) >= 11 is 0. The highest BCUT2D eigenvalue weighted by molar-refractivity contribution is 5.93. The number of aliphatic carboxylic acids is 1. The normalized spacial score (nSPS) is 10.7. The van der Waals surface area contributed by atoms with Crippen molar-refractivity contribution < 1.29 is 19.4 Å². The van der Waals surface area contributed by atoms with E-state index in [9.17, 15) is 9.59 Å². The molecule has 0 bridgehead atoms. The monoisotopic (exact) mass is 269 g/mol. The number of carboxylic acid groups (broad SMARTS) is 1. The molecular formula is C12H19N3O4. The van der Waals surface area contributed by atoms with Crippen LogP contribution in [0.2, 0.25) is 0 Å². The number of rotatable bonds is 8. The first kappa shape index (κ1) is 15.2. The maximum atomic E-state index is 11.7. The summed E-state index contributed by atoms with van der Waals surface area (Å²) in [5.74, 6) is -1.26. The second kappa shape index (κ2) is 7.52. The molecule has 0 aliphatic carbocycles. The molecule has 0 saturated carbocycles. The first-order valence-corrected chi connectivity index (χ1v) is 6.13. The van der Waals surface area contributed by atoms with Gasteiger partial charge in [0.1, 0.15) is 6.54 Å². The number of carboxylic acids is 1. The van der Waals surface area contributed by atoms with Gasteiger partial charge in [0.05, 0.1) is 17.9 Å². The Balaban J connectivity index is 2.29. The summed E-state index contributed by atoms with van der Waals surface area (Å²) in [6, 6.07) is 0. The van der Waals surface area contributed by atoms with E-state index in [4.69, 9.17) is 9.84 Å². The Hall–Kier alpha value is -1.89. The number of hydrogen-bond donors (Lipinski definition) is 2. The van der Waals surface area contributed by atoms with Crippen molar-refractivity contribution in [3.8, 4) is 0 Å². The van der Waals surface area contributed by atoms with Gasteiger partial charge >= 0.3 is 5.97 Å². The van der Waals surface area contributed by atoms with Gasteiger partial charge in [0, 0.05) is 19.3 Å². The van der Waals surface area contributed by atoms with Crippen molar-refractivity contribution in [1.82, 2.24) is 15.1 Å². The highest BCUT2D eigenvalue weighted by Crippen LogP contribution is 1.98. The molecule has 2 N–H and O–H groups in total. The second-order valence-corrected chi connectivity index (χ2v) is 4.35. The Morgan fingerprint density at radius 1 is 1.53 bits per heavy atom. The Bertz CT molecular complexity index is 428. The zero-order chi connectivity index (χ0) is 14.3. The molecule has 0 spiro atoms. The maximum absolute atomic E-state index is 11.7. The standard InChI is InChI=1S/C12H19N3O4/c1-9(2)19-5-3-4-13-12(18)10-6-14-15(7-10)8-11(16)17/h6-7,9H,3-5,8H2,1-2H3,(H,13,18)(H,16,17). The molecule has 0 fully saturated rings. The van der Waals surface area contributed by atoms with Gasteiger partial charge in [-0.1, -0.05) is 0 Å². The third-order valence-corrected chi connectivity index (χ3v) is 2.25. The quantitative estimate of drug-likeness (QED) is 0.671. The van der Waals surface area contributed by atoms with Gasteiger partial charge in [-0.2, -0.15) is 5.10 Å². The molecule has 19 heavy (non-hydrogen) atoms. The minimum absolute atomic E-state index is 0.185. The van der Waals surface area contributed by atoms with Crippen molar-refractivity contribution in [3.63, 3.8) is 0 Å². The summed E-state index contributed by atoms with van der Waals surface area (Å²) in [5.41, 5.74) is 0.353. The number of ether oxygens (including phenoxy) is 1. The third kappa shape index (κ3) is 6.01. The van der Waals surface area contributed by atoms with Crippen LogP contribution in [0.3, 0.4) is 0 Å². The number of aromatic nitrogens is 2. The van der Waals surface area contributed by atoms with Crippen LogP contribution in [0.25, 0.3) is 0 Å². The lowest BCUT2D eigenvalue weighted by atomic mass is 10.3. The largest absolute Gasteiger partial charge is 0.480 e. The first-order chi connectivity index (χ1) is 8.99. The number of nitrogens with zero attached hydrogens (tertiary/aromatic N) is 2. The predicted octanol–water partition coefficient (Wildman–Crippen LogP) is 0.513. The van der Waals surface area contributed by atoms with Gasteiger partial charge in [-0.05, 0) is 20.3 Å². The third-order valence-electron chi connectivity index (χ3n) is 2.25. The molecule has 106 valence electrons. The smallest absolute Gasteiger partial charge is 0.325 e. The first-order valence-electron chi connectivity index (χ1n) is 6.13. The molecule has 1 heterocycles. The molecule has 7 heteroatoms. The van der Waals surface area contributed by atoms with Gasteiger partial charge in [0.25, 0.3) is 5.91 Å². The van der Waals surface area contributed by atoms with E-state index in [1.54, 1.807) is 0 Å². The van der Waals surface area contributed by atoms with Crippen LogP contribution in [-0.4, -0.2) is 46.0 Å². The van der Waals surface area contributed by atoms with Crippen molar-refractivity contribution in [2.75, 3.05) is 13.2 Å². The average molecular weight is 269 g/mol. The van der Waals surface area contributed by atoms with E-state index in [0.717, 1.165) is 6.42 Å². The van der Waals surface area contributed by atoms with Gasteiger partial charge in [-0.25, -0.2) is 0 Å². The number of carbonyl (C=O) groups is 2. The molecule has 7 nitrogen and oxygen atoms in total. The fourth-order valence-electron chi connectivity index (χ4n) is 1.40. The van der Waals surface area contributed by atoms with Crippen LogP contribution in [0.5, 0.6) is 0 Å². The second-order valence-electron chi connectivity index (χ2n) is 4.35. The van der Waals surface area contributed by atoms with Crippen molar-refractivity contribution in [2.45, 2.75) is 32.9 Å². The van der Waals surface area contributed by atoms with Gasteiger partial charge in [-0.3, -0.25) is 14.3 Å². The van der Waals surface area contributed by atoms with E-state index in [2.05, 4.69) is 10.4 Å². The van der Waals surface area contributed by atoms with E-state index in [1.807, 2.05) is 13.8 Å². The fourth-order valence-corrected chi connectivity index (χ4v) is 1.40. The molecule has 0 atom stereocenters. The summed E-state index contributed by atoms with van der Waals surface area (Å²) < 4.78 is 6.55. The summed E-state index contributed by atoms with van der Waals surface area (Å²) in [7, 11) is 0. The highest BCUT2D eigenvalue weighted by atomic mass is 16.5. The molecule has 1 amide bonds. The maximum Gasteiger partial charge on any atom is 0.325 e. The summed E-state index contributed by atoms with van der Waals surface area (Å²) in [4.78, 5) is 22.2. The van der Waals surface area contributed by atoms with Crippen molar-refractivity contribution in [1.29, 1.82) is 0 Å². The van der Waals surface area contributed by atoms with Crippen LogP contribution in [-0.2, 0) is 16.1 Å². The Labute approximate surface area is 111 Å². The molecule has 0 aromatic carbocycles. The Kier molecular flexibility index (Phi) is 6.01. The number of nitrogens with one attached hydrogen (secondary N) is 1. The molecule has 0 aliphatic heterocycles. The molecule has 1 aromatic heterocycles. The summed E-state index contributed by atoms with van der Waals surface area (Å²) in [5, 5.41) is 15.1. The molecule has 0 saturated heterocycles. The van der Waals surface area contributed by atoms with Crippen LogP contribution in [0.15, 0.2) is 12.4 Å². The van der Waals surface area contributed by atoms with Crippen LogP contribution in [0.1, 0.15) is 30.6 Å². The fraction of sp³-hybridized carbons (Fsp3) is 0.583. The van der Waals surface area contributed by atoms with Crippen molar-refractivity contribution >= 4 is 11.9 Å². The van der Waals surface area contributed by atoms with Crippen LogP contribution in [0.4, 0.5) is 0 Å². The molecular weight excluding hydrogens is 250 g/mol. The molecule has 0 radical (unpaired) electrons. The summed E-state index contributed by atoms with van der Waals surface area (Å²) in [6.45, 7) is 4.76. The number of amides is 1. The van der Waals surface area contributed by atoms with Gasteiger partial charge in [0.15, 0.2) is 0 Å². The lowest BCUT2D eigenvalue weighted by Crippen LogP contribution is -2.25. The molecule has 0 unspecified atom stereocenters. The molecule has 0 aliphatic rings. The number of hydrogen-bond acceptors (Lipinski definition) is 4. The van der Waals surface area contributed by atoms with Crippen LogP contribution >= 0.6 is 0 Å². The van der Waals surface area contributed by atoms with E-state index in [0.29, 0.717) is 18.7 Å². The van der Waals surface area contributed by atoms with Crippen LogP contribution in [0, 0.1) is 0 Å². The molecule has 1 rings (SSSR count). The van der Waals surface area contributed by atoms with Crippen molar-refractivity contribution in [2.24, 2.45) is 0 Å². The zero-order valence-electron chi connectivity index (χ0n) is 11.1. The van der Waals surface area contributed by atoms with Crippen LogP contribution < -0.4 is 5.32 Å². The van der Waals surface area contributed by atoms with Gasteiger partial charge in [0.2, 0.25) is 0 Å². The summed E-state index contributed by atoms with van der Waals surface area (Å²) in [6.07, 6.45) is 3.68. The SMILES string of the molecule is CC(C)OCCCNC(=O)c1cnn(CC(=O)O)c1. The molecule has 1 aromatic rings. The predicted molar refractivity (Wildman–Crippen MR) is 67.9 cm³/mol. The minimum Gasteiger partial charge on any atom is -0.480 e. The highest BCUT2D eigenvalue weighted by Gasteiger charge is 2.09. The minimum atomic E-state index is -0.999.